The number of morpholine rings is 1. The van der Waals surface area contributed by atoms with E-state index in [1.54, 1.807) is 25.1 Å². The molecule has 4 rings (SSSR count). The number of ether oxygens (including phenoxy) is 3. The molecule has 0 radical (unpaired) electrons. The number of methoxy groups -OCH3 is 1. The quantitative estimate of drug-likeness (QED) is 0.608. The topological polar surface area (TPSA) is 63.3 Å². The summed E-state index contributed by atoms with van der Waals surface area (Å²) >= 11 is 0. The number of hydrogen-bond acceptors (Lipinski definition) is 6. The number of hydrogen-bond donors (Lipinski definition) is 1. The summed E-state index contributed by atoms with van der Waals surface area (Å²) in [7, 11) is 3.32. The monoisotopic (exact) mass is 487 g/mol. The number of carbonyl (C=O) groups excluding carboxylic acids is 1. The number of carbonyl (C=O) groups is 1. The maximum Gasteiger partial charge on any atom is 0.253 e. The van der Waals surface area contributed by atoms with Crippen LogP contribution in [0, 0.1) is 11.6 Å². The van der Waals surface area contributed by atoms with Crippen molar-refractivity contribution < 1.29 is 27.8 Å². The first kappa shape index (κ1) is 24.9. The molecule has 0 bridgehead atoms. The molecule has 2 aliphatic heterocycles. The number of nitrogens with one attached hydrogen (secondary N) is 1. The van der Waals surface area contributed by atoms with Crippen LogP contribution in [0.25, 0.3) is 0 Å². The lowest BCUT2D eigenvalue weighted by molar-refractivity contribution is 0.0337. The van der Waals surface area contributed by atoms with Gasteiger partial charge in [0.1, 0.15) is 17.4 Å². The smallest absolute Gasteiger partial charge is 0.253 e. The van der Waals surface area contributed by atoms with Gasteiger partial charge in [-0.05, 0) is 49.2 Å². The lowest BCUT2D eigenvalue weighted by atomic mass is 9.95. The van der Waals surface area contributed by atoms with Crippen molar-refractivity contribution in [3.63, 3.8) is 0 Å². The minimum Gasteiger partial charge on any atom is -0.441 e. The van der Waals surface area contributed by atoms with Crippen LogP contribution in [-0.2, 0) is 15.9 Å². The van der Waals surface area contributed by atoms with Crippen molar-refractivity contribution in [1.82, 2.24) is 9.80 Å². The average molecular weight is 488 g/mol. The average Bonchev–Trinajstić information content (AvgIpc) is 2.85. The van der Waals surface area contributed by atoms with Gasteiger partial charge in [-0.3, -0.25) is 4.79 Å². The van der Waals surface area contributed by atoms with Crippen molar-refractivity contribution in [3.8, 4) is 5.75 Å². The molecular formula is C26H31F2N3O4. The van der Waals surface area contributed by atoms with E-state index >= 15 is 0 Å². The molecular weight excluding hydrogens is 456 g/mol. The van der Waals surface area contributed by atoms with Gasteiger partial charge in [0.2, 0.25) is 0 Å². The minimum absolute atomic E-state index is 0.141. The first-order valence-electron chi connectivity index (χ1n) is 11.7. The highest BCUT2D eigenvalue weighted by Gasteiger charge is 2.27. The Bertz CT molecular complexity index is 1080. The molecule has 0 saturated carbocycles. The normalized spacial score (nSPS) is 16.1. The predicted molar refractivity (Wildman–Crippen MR) is 128 cm³/mol. The van der Waals surface area contributed by atoms with E-state index < -0.39 is 17.7 Å². The number of rotatable bonds is 8. The molecule has 2 aromatic carbocycles. The van der Waals surface area contributed by atoms with Crippen molar-refractivity contribution in [2.45, 2.75) is 19.4 Å². The molecule has 7 nitrogen and oxygen atoms in total. The summed E-state index contributed by atoms with van der Waals surface area (Å²) in [6.45, 7) is 5.47. The van der Waals surface area contributed by atoms with Crippen LogP contribution in [-0.4, -0.2) is 69.3 Å². The van der Waals surface area contributed by atoms with E-state index in [2.05, 4.69) is 10.2 Å². The summed E-state index contributed by atoms with van der Waals surface area (Å²) < 4.78 is 44.5. The van der Waals surface area contributed by atoms with Gasteiger partial charge in [-0.2, -0.15) is 0 Å². The molecule has 2 aliphatic rings. The fourth-order valence-corrected chi connectivity index (χ4v) is 4.27. The molecule has 1 amide bonds. The lowest BCUT2D eigenvalue weighted by Gasteiger charge is -2.34. The summed E-state index contributed by atoms with van der Waals surface area (Å²) in [4.78, 5) is 16.9. The fourth-order valence-electron chi connectivity index (χ4n) is 4.27. The summed E-state index contributed by atoms with van der Waals surface area (Å²) in [6, 6.07) is 6.55. The minimum atomic E-state index is -0.667. The number of fused-ring (bicyclic) bond motifs is 1. The zero-order valence-electron chi connectivity index (χ0n) is 20.3. The Morgan fingerprint density at radius 1 is 1.17 bits per heavy atom. The third kappa shape index (κ3) is 5.91. The molecule has 2 heterocycles. The third-order valence-electron chi connectivity index (χ3n) is 6.16. The van der Waals surface area contributed by atoms with Crippen LogP contribution in [0.1, 0.15) is 34.5 Å². The van der Waals surface area contributed by atoms with Gasteiger partial charge < -0.3 is 29.3 Å². The Kier molecular flexibility index (Phi) is 7.87. The number of likely N-dealkylation sites (N-methyl/N-ethyl adjacent to an activating group) is 1. The Morgan fingerprint density at radius 3 is 2.57 bits per heavy atom. The van der Waals surface area contributed by atoms with Crippen LogP contribution in [0.5, 0.6) is 5.75 Å². The highest BCUT2D eigenvalue weighted by atomic mass is 19.1. The number of benzene rings is 2. The van der Waals surface area contributed by atoms with Crippen LogP contribution >= 0.6 is 0 Å². The van der Waals surface area contributed by atoms with Crippen molar-refractivity contribution in [3.05, 3.63) is 70.6 Å². The zero-order chi connectivity index (χ0) is 24.9. The molecule has 0 aromatic heterocycles. The molecule has 1 unspecified atom stereocenters. The number of halogens is 2. The van der Waals surface area contributed by atoms with Crippen molar-refractivity contribution in [1.29, 1.82) is 0 Å². The van der Waals surface area contributed by atoms with Gasteiger partial charge in [-0.25, -0.2) is 8.78 Å². The van der Waals surface area contributed by atoms with Gasteiger partial charge in [-0.15, -0.1) is 0 Å². The second-order valence-electron chi connectivity index (χ2n) is 8.75. The van der Waals surface area contributed by atoms with E-state index in [9.17, 15) is 13.6 Å². The molecule has 2 aromatic rings. The molecule has 188 valence electrons. The lowest BCUT2D eigenvalue weighted by Crippen LogP contribution is -2.38. The van der Waals surface area contributed by atoms with E-state index in [-0.39, 0.29) is 5.91 Å². The number of anilines is 1. The first-order chi connectivity index (χ1) is 16.9. The molecule has 0 aliphatic carbocycles. The predicted octanol–water partition coefficient (Wildman–Crippen LogP) is 3.96. The van der Waals surface area contributed by atoms with Gasteiger partial charge in [0.25, 0.3) is 5.91 Å². The van der Waals surface area contributed by atoms with E-state index in [4.69, 9.17) is 14.2 Å². The summed E-state index contributed by atoms with van der Waals surface area (Å²) in [5.74, 6) is -0.0687. The van der Waals surface area contributed by atoms with Gasteiger partial charge in [-0.1, -0.05) is 0 Å². The van der Waals surface area contributed by atoms with Crippen molar-refractivity contribution in [2.24, 2.45) is 0 Å². The van der Waals surface area contributed by atoms with E-state index in [0.29, 0.717) is 49.8 Å². The highest BCUT2D eigenvalue weighted by Crippen LogP contribution is 2.38. The van der Waals surface area contributed by atoms with Crippen molar-refractivity contribution >= 4 is 11.6 Å². The van der Waals surface area contributed by atoms with Gasteiger partial charge in [0, 0.05) is 56.7 Å². The summed E-state index contributed by atoms with van der Waals surface area (Å²) in [5, 5.41) is 3.16. The third-order valence-corrected chi connectivity index (χ3v) is 6.16. The van der Waals surface area contributed by atoms with E-state index in [1.165, 1.54) is 12.1 Å². The number of amides is 1. The largest absolute Gasteiger partial charge is 0.441 e. The van der Waals surface area contributed by atoms with E-state index in [1.807, 2.05) is 19.1 Å². The Hall–Kier alpha value is -3.17. The molecule has 1 fully saturated rings. The number of nitrogens with zero attached hydrogens (tertiary/aromatic N) is 2. The van der Waals surface area contributed by atoms with Gasteiger partial charge in [0.15, 0.2) is 5.88 Å². The second kappa shape index (κ2) is 11.0. The van der Waals surface area contributed by atoms with Gasteiger partial charge in [0.05, 0.1) is 25.9 Å². The molecule has 1 N–H and O–H groups in total. The zero-order valence-corrected chi connectivity index (χ0v) is 20.3. The molecule has 35 heavy (non-hydrogen) atoms. The second-order valence-corrected chi connectivity index (χ2v) is 8.75. The standard InChI is InChI=1S/C26H31F2N3O4/c1-17(29-22-15-20(27)14-21(28)16-22)23-13-19(26(32)30(2)6-9-33-3)12-18-4-5-24(35-25(18)23)31-7-10-34-11-8-31/h5,12-17,29H,4,6-11H2,1-3H3. The molecule has 1 atom stereocenters. The highest BCUT2D eigenvalue weighted by molar-refractivity contribution is 5.95. The molecule has 9 heteroatoms. The Labute approximate surface area is 204 Å². The fraction of sp³-hybridized carbons (Fsp3) is 0.423. The molecule has 0 spiro atoms. The first-order valence-corrected chi connectivity index (χ1v) is 11.7. The Balaban J connectivity index is 1.67. The van der Waals surface area contributed by atoms with Crippen LogP contribution in [0.3, 0.4) is 0 Å². The van der Waals surface area contributed by atoms with Crippen LogP contribution in [0.15, 0.2) is 42.3 Å². The van der Waals surface area contributed by atoms with Crippen LogP contribution < -0.4 is 10.1 Å². The van der Waals surface area contributed by atoms with Crippen LogP contribution in [0.2, 0.25) is 0 Å². The van der Waals surface area contributed by atoms with E-state index in [0.717, 1.165) is 36.2 Å². The SMILES string of the molecule is COCCN(C)C(=O)c1cc2c(c(C(C)Nc3cc(F)cc(F)c3)c1)OC(N1CCOCC1)=CC2. The van der Waals surface area contributed by atoms with Crippen LogP contribution in [0.4, 0.5) is 14.5 Å². The Morgan fingerprint density at radius 2 is 1.89 bits per heavy atom. The number of allylic oxidation sites excluding steroid dienone is 1. The van der Waals surface area contributed by atoms with Crippen molar-refractivity contribution in [2.75, 3.05) is 58.9 Å². The maximum absolute atomic E-state index is 13.8. The maximum atomic E-state index is 13.8. The summed E-state index contributed by atoms with van der Waals surface area (Å²) in [5.41, 5.74) is 2.43. The molecule has 1 saturated heterocycles. The van der Waals surface area contributed by atoms with Gasteiger partial charge >= 0.3 is 0 Å². The summed E-state index contributed by atoms with van der Waals surface area (Å²) in [6.07, 6.45) is 2.61.